The quantitative estimate of drug-likeness (QED) is 0.0210. The molecule has 0 spiro atoms. The van der Waals surface area contributed by atoms with Gasteiger partial charge in [0.2, 0.25) is 17.7 Å². The molecule has 7 N–H and O–H groups in total. The van der Waals surface area contributed by atoms with Crippen LogP contribution in [0.25, 0.3) is 33.4 Å². The van der Waals surface area contributed by atoms with E-state index in [1.807, 2.05) is 0 Å². The number of carboxylic acid groups (broad SMARTS) is 1. The molecule has 4 aliphatic rings. The molecule has 378 valence electrons. The van der Waals surface area contributed by atoms with Crippen LogP contribution in [0.15, 0.2) is 79.6 Å². The standard InChI is InChI=1S/C45H48N5O19PS/c1-24-21-50(45(61)48-41(24)56)39-19-32(53)35(69-39)23-67-70(62,63)66-14-15-71-36-20-38(55)49(43(36)58)22-37(54)46-8-10-64-12-13-65-11-9-47-42(57)25-2-5-28(44(59)60)31(16-25)40-29-6-3-26(51)17-33(29)68-34-18-27(52)4-7-30(34)40/h2-7,16-18,21,32,35-36,39,51,53H,8-15,19-20,22-23H2,1H3,(H,46,54)(H,47,57)(H,59,60)(H,62,63)(H,48,56,61)/t32-,35-,36?,39-/m1/s1. The van der Waals surface area contributed by atoms with Crippen molar-refractivity contribution in [2.45, 2.75) is 43.5 Å². The van der Waals surface area contributed by atoms with Crippen LogP contribution in [0.5, 0.6) is 5.75 Å². The summed E-state index contributed by atoms with van der Waals surface area (Å²) in [7, 11) is -4.66. The van der Waals surface area contributed by atoms with Gasteiger partial charge in [-0.1, -0.05) is 0 Å². The number of aliphatic hydroxyl groups excluding tert-OH is 1. The van der Waals surface area contributed by atoms with Gasteiger partial charge in [-0.05, 0) is 55.0 Å². The van der Waals surface area contributed by atoms with Gasteiger partial charge < -0.3 is 49.5 Å². The maximum absolute atomic E-state index is 13.2. The number of phosphoric ester groups is 1. The van der Waals surface area contributed by atoms with Gasteiger partial charge in [-0.25, -0.2) is 14.2 Å². The van der Waals surface area contributed by atoms with E-state index in [2.05, 4.69) is 15.6 Å². The first kappa shape index (κ1) is 52.3. The number of ether oxygens (including phenoxy) is 3. The number of phenols is 1. The van der Waals surface area contributed by atoms with Crippen molar-refractivity contribution in [3.05, 3.63) is 109 Å². The summed E-state index contributed by atoms with van der Waals surface area (Å²) in [5.74, 6) is -3.51. The number of aliphatic hydroxyl groups is 1. The third kappa shape index (κ3) is 13.1. The molecule has 0 saturated carbocycles. The van der Waals surface area contributed by atoms with E-state index in [-0.39, 0.29) is 109 Å². The largest absolute Gasteiger partial charge is 0.508 e. The number of aromatic nitrogens is 2. The molecule has 2 unspecified atom stereocenters. The number of amides is 4. The lowest BCUT2D eigenvalue weighted by Crippen LogP contribution is -2.41. The molecule has 5 atom stereocenters. The second-order valence-corrected chi connectivity index (χ2v) is 18.9. The van der Waals surface area contributed by atoms with Crippen LogP contribution < -0.4 is 27.3 Å². The summed E-state index contributed by atoms with van der Waals surface area (Å²) >= 11 is 0.983. The summed E-state index contributed by atoms with van der Waals surface area (Å²) in [5.41, 5.74) is -0.204. The van der Waals surface area contributed by atoms with E-state index in [9.17, 15) is 63.1 Å². The molecule has 0 radical (unpaired) electrons. The number of aromatic carboxylic acids is 1. The fraction of sp³-hybridized carbons (Fsp3) is 0.378. The Hall–Kier alpha value is -6.54. The summed E-state index contributed by atoms with van der Waals surface area (Å²) < 4.78 is 46.0. The fourth-order valence-corrected chi connectivity index (χ4v) is 9.53. The highest BCUT2D eigenvalue weighted by Crippen LogP contribution is 2.45. The summed E-state index contributed by atoms with van der Waals surface area (Å²) in [5, 5.41) is 35.4. The van der Waals surface area contributed by atoms with Crippen LogP contribution in [-0.2, 0) is 42.2 Å². The van der Waals surface area contributed by atoms with Gasteiger partial charge in [0.25, 0.3) is 11.5 Å². The number of hydrogen-bond acceptors (Lipinski definition) is 18. The number of phenolic OH excluding ortho intramolecular Hbond substituents is 1. The molecule has 1 aliphatic carbocycles. The van der Waals surface area contributed by atoms with Crippen molar-refractivity contribution in [2.75, 3.05) is 65.0 Å². The lowest BCUT2D eigenvalue weighted by Gasteiger charge is -2.18. The number of benzene rings is 3. The predicted octanol–water partition coefficient (Wildman–Crippen LogP) is 1.35. The number of carboxylic acids is 1. The Morgan fingerprint density at radius 1 is 0.915 bits per heavy atom. The summed E-state index contributed by atoms with van der Waals surface area (Å²) in [4.78, 5) is 113. The zero-order valence-corrected chi connectivity index (χ0v) is 39.4. The van der Waals surface area contributed by atoms with Gasteiger partial charge in [0.05, 0.1) is 56.6 Å². The number of aromatic hydroxyl groups is 1. The van der Waals surface area contributed by atoms with E-state index >= 15 is 0 Å². The Balaban J connectivity index is 0.760. The Labute approximate surface area is 405 Å². The molecular weight excluding hydrogens is 978 g/mol. The first-order chi connectivity index (χ1) is 33.9. The predicted molar refractivity (Wildman–Crippen MR) is 250 cm³/mol. The number of carbonyl (C=O) groups is 5. The number of aromatic amines is 1. The van der Waals surface area contributed by atoms with Crippen LogP contribution in [0.4, 0.5) is 0 Å². The van der Waals surface area contributed by atoms with E-state index in [1.54, 1.807) is 6.07 Å². The van der Waals surface area contributed by atoms with Crippen molar-refractivity contribution >= 4 is 60.2 Å². The van der Waals surface area contributed by atoms with Crippen molar-refractivity contribution < 1.29 is 76.4 Å². The number of rotatable bonds is 23. The minimum absolute atomic E-state index is 0.00165. The molecule has 0 bridgehead atoms. The number of likely N-dealkylation sites (tertiary alicyclic amines) is 1. The molecule has 2 saturated heterocycles. The molecule has 4 heterocycles. The maximum atomic E-state index is 13.2. The topological polar surface area (TPSA) is 342 Å². The van der Waals surface area contributed by atoms with Gasteiger partial charge in [-0.3, -0.25) is 52.3 Å². The Bertz CT molecular complexity index is 3030. The highest BCUT2D eigenvalue weighted by atomic mass is 32.2. The lowest BCUT2D eigenvalue weighted by molar-refractivity contribution is -0.142. The number of nitrogens with one attached hydrogen (secondary N) is 3. The Kier molecular flexibility index (Phi) is 17.0. The fourth-order valence-electron chi connectivity index (χ4n) is 7.68. The smallest absolute Gasteiger partial charge is 0.472 e. The van der Waals surface area contributed by atoms with Crippen molar-refractivity contribution in [3.8, 4) is 28.2 Å². The van der Waals surface area contributed by atoms with Gasteiger partial charge in [0.15, 0.2) is 5.43 Å². The molecule has 7 rings (SSSR count). The molecule has 71 heavy (non-hydrogen) atoms. The van der Waals surface area contributed by atoms with Gasteiger partial charge in [0.1, 0.15) is 36.0 Å². The number of imide groups is 1. The average molecular weight is 1030 g/mol. The van der Waals surface area contributed by atoms with Crippen molar-refractivity contribution in [1.29, 1.82) is 0 Å². The van der Waals surface area contributed by atoms with Crippen LogP contribution >= 0.6 is 19.6 Å². The first-order valence-corrected chi connectivity index (χ1v) is 24.4. The number of hydrogen-bond donors (Lipinski definition) is 7. The summed E-state index contributed by atoms with van der Waals surface area (Å²) in [6, 6.07) is 12.5. The van der Waals surface area contributed by atoms with Gasteiger partial charge in [-0.15, -0.1) is 11.8 Å². The van der Waals surface area contributed by atoms with Crippen LogP contribution in [0.2, 0.25) is 0 Å². The molecule has 24 nitrogen and oxygen atoms in total. The molecule has 1 aromatic heterocycles. The third-order valence-corrected chi connectivity index (χ3v) is 13.3. The SMILES string of the molecule is Cc1cn([C@H]2C[C@@H](O)[C@@H](COP(=O)(O)OCCSC3CC(=O)N(CC(=O)NCCOCCOCCNC(=O)c4ccc(C(=O)O)c(-c5c6ccc(=O)cc-6oc6cc(O)ccc56)c4)C3=O)O2)c(=O)[nH]c1=O. The zero-order chi connectivity index (χ0) is 51.0. The van der Waals surface area contributed by atoms with Gasteiger partial charge in [0, 0.05) is 77.7 Å². The zero-order valence-electron chi connectivity index (χ0n) is 37.7. The molecule has 26 heteroatoms. The molecule has 2 aromatic carbocycles. The first-order valence-electron chi connectivity index (χ1n) is 21.9. The van der Waals surface area contributed by atoms with Crippen LogP contribution in [0, 0.1) is 6.92 Å². The van der Waals surface area contributed by atoms with E-state index < -0.39 is 85.5 Å². The van der Waals surface area contributed by atoms with E-state index in [0.29, 0.717) is 16.5 Å². The maximum Gasteiger partial charge on any atom is 0.472 e. The number of nitrogens with zero attached hydrogens (tertiary/aromatic N) is 2. The number of carbonyl (C=O) groups excluding carboxylic acids is 4. The minimum atomic E-state index is -4.66. The van der Waals surface area contributed by atoms with Gasteiger partial charge in [-0.2, -0.15) is 0 Å². The number of H-pyrrole nitrogens is 1. The summed E-state index contributed by atoms with van der Waals surface area (Å²) in [6.45, 7) is 0.609. The molecule has 3 aromatic rings. The summed E-state index contributed by atoms with van der Waals surface area (Å²) in [6.07, 6.45) is -2.23. The Morgan fingerprint density at radius 3 is 2.41 bits per heavy atom. The highest BCUT2D eigenvalue weighted by Gasteiger charge is 2.40. The average Bonchev–Trinajstić information content (AvgIpc) is 3.83. The van der Waals surface area contributed by atoms with Crippen molar-refractivity contribution in [1.82, 2.24) is 25.1 Å². The highest BCUT2D eigenvalue weighted by molar-refractivity contribution is 8.00. The van der Waals surface area contributed by atoms with Crippen molar-refractivity contribution in [3.63, 3.8) is 0 Å². The number of thioether (sulfide) groups is 1. The lowest BCUT2D eigenvalue weighted by atomic mass is 9.89. The van der Waals surface area contributed by atoms with Crippen LogP contribution in [-0.4, -0.2) is 147 Å². The normalized spacial score (nSPS) is 18.8. The van der Waals surface area contributed by atoms with E-state index in [1.165, 1.54) is 61.7 Å². The van der Waals surface area contributed by atoms with E-state index in [0.717, 1.165) is 21.2 Å². The number of fused-ring (bicyclic) bond motifs is 2. The Morgan fingerprint density at radius 2 is 1.66 bits per heavy atom. The van der Waals surface area contributed by atoms with Crippen LogP contribution in [0.1, 0.15) is 45.3 Å². The minimum Gasteiger partial charge on any atom is -0.508 e. The molecule has 4 amide bonds. The van der Waals surface area contributed by atoms with Crippen LogP contribution in [0.3, 0.4) is 0 Å². The van der Waals surface area contributed by atoms with Crippen molar-refractivity contribution in [2.24, 2.45) is 0 Å². The molecule has 3 aliphatic heterocycles. The van der Waals surface area contributed by atoms with Gasteiger partial charge >= 0.3 is 19.5 Å². The molecule has 2 fully saturated rings. The second-order valence-electron chi connectivity index (χ2n) is 16.1. The number of phosphoric acid groups is 1. The second kappa shape index (κ2) is 23.1. The number of aryl methyl sites for hydroxylation is 1. The van der Waals surface area contributed by atoms with E-state index in [4.69, 9.17) is 27.7 Å². The third-order valence-electron chi connectivity index (χ3n) is 11.2. The molecular formula is C45H48N5O19PS. The monoisotopic (exact) mass is 1030 g/mol.